The van der Waals surface area contributed by atoms with E-state index in [2.05, 4.69) is 29.6 Å². The van der Waals surface area contributed by atoms with Gasteiger partial charge in [0.2, 0.25) is 0 Å². The van der Waals surface area contributed by atoms with Gasteiger partial charge in [-0.1, -0.05) is 36.4 Å². The van der Waals surface area contributed by atoms with Crippen molar-refractivity contribution in [3.63, 3.8) is 0 Å². The second-order valence-electron chi connectivity index (χ2n) is 4.02. The molecule has 2 aromatic rings. The first-order valence-corrected chi connectivity index (χ1v) is 5.72. The van der Waals surface area contributed by atoms with E-state index in [1.54, 1.807) is 7.11 Å². The van der Waals surface area contributed by atoms with Crippen LogP contribution in [0, 0.1) is 6.92 Å². The van der Waals surface area contributed by atoms with Gasteiger partial charge in [-0.25, -0.2) is 0 Å². The SMILES string of the molecule is COc1cc(NCc2ccccc2)ccc1C. The summed E-state index contributed by atoms with van der Waals surface area (Å²) in [4.78, 5) is 0. The summed E-state index contributed by atoms with van der Waals surface area (Å²) in [5, 5.41) is 3.38. The van der Waals surface area contributed by atoms with Crippen LogP contribution in [0.25, 0.3) is 0 Å². The second-order valence-corrected chi connectivity index (χ2v) is 4.02. The maximum atomic E-state index is 5.30. The van der Waals surface area contributed by atoms with Crippen LogP contribution >= 0.6 is 0 Å². The van der Waals surface area contributed by atoms with Crippen LogP contribution in [0.1, 0.15) is 11.1 Å². The summed E-state index contributed by atoms with van der Waals surface area (Å²) in [6, 6.07) is 16.5. The molecule has 2 rings (SSSR count). The zero-order valence-corrected chi connectivity index (χ0v) is 10.2. The van der Waals surface area contributed by atoms with Crippen molar-refractivity contribution in [1.29, 1.82) is 0 Å². The van der Waals surface area contributed by atoms with E-state index in [0.29, 0.717) is 0 Å². The van der Waals surface area contributed by atoms with E-state index in [0.717, 1.165) is 23.5 Å². The van der Waals surface area contributed by atoms with Gasteiger partial charge in [0.25, 0.3) is 0 Å². The minimum Gasteiger partial charge on any atom is -0.496 e. The molecule has 0 saturated carbocycles. The Hall–Kier alpha value is -1.96. The lowest BCUT2D eigenvalue weighted by Gasteiger charge is -2.10. The lowest BCUT2D eigenvalue weighted by molar-refractivity contribution is 0.412. The molecule has 1 N–H and O–H groups in total. The molecule has 0 bridgehead atoms. The third-order valence-corrected chi connectivity index (χ3v) is 2.75. The molecule has 0 aliphatic rings. The Morgan fingerprint density at radius 3 is 2.53 bits per heavy atom. The molecule has 0 aliphatic carbocycles. The van der Waals surface area contributed by atoms with Crippen molar-refractivity contribution in [2.24, 2.45) is 0 Å². The van der Waals surface area contributed by atoms with Gasteiger partial charge in [0.15, 0.2) is 0 Å². The molecule has 2 aromatic carbocycles. The van der Waals surface area contributed by atoms with Crippen molar-refractivity contribution in [2.45, 2.75) is 13.5 Å². The van der Waals surface area contributed by atoms with E-state index < -0.39 is 0 Å². The zero-order chi connectivity index (χ0) is 12.1. The number of methoxy groups -OCH3 is 1. The Labute approximate surface area is 102 Å². The van der Waals surface area contributed by atoms with E-state index in [1.165, 1.54) is 5.56 Å². The van der Waals surface area contributed by atoms with Crippen molar-refractivity contribution in [2.75, 3.05) is 12.4 Å². The highest BCUT2D eigenvalue weighted by Gasteiger charge is 1.99. The van der Waals surface area contributed by atoms with Crippen LogP contribution < -0.4 is 10.1 Å². The second kappa shape index (κ2) is 5.39. The van der Waals surface area contributed by atoms with Gasteiger partial charge in [-0.05, 0) is 24.1 Å². The molecule has 0 radical (unpaired) electrons. The van der Waals surface area contributed by atoms with Gasteiger partial charge < -0.3 is 10.1 Å². The van der Waals surface area contributed by atoms with Crippen molar-refractivity contribution < 1.29 is 4.74 Å². The van der Waals surface area contributed by atoms with E-state index >= 15 is 0 Å². The molecule has 0 saturated heterocycles. The topological polar surface area (TPSA) is 21.3 Å². The summed E-state index contributed by atoms with van der Waals surface area (Å²) >= 11 is 0. The predicted octanol–water partition coefficient (Wildman–Crippen LogP) is 3.62. The van der Waals surface area contributed by atoms with Gasteiger partial charge in [0.05, 0.1) is 7.11 Å². The highest BCUT2D eigenvalue weighted by Crippen LogP contribution is 2.22. The molecule has 88 valence electrons. The van der Waals surface area contributed by atoms with E-state index in [4.69, 9.17) is 4.74 Å². The molecular formula is C15H17NO. The molecule has 0 aromatic heterocycles. The van der Waals surface area contributed by atoms with Crippen molar-refractivity contribution >= 4 is 5.69 Å². The molecule has 0 atom stereocenters. The third kappa shape index (κ3) is 3.00. The molecule has 17 heavy (non-hydrogen) atoms. The Balaban J connectivity index is 2.04. The van der Waals surface area contributed by atoms with Gasteiger partial charge >= 0.3 is 0 Å². The van der Waals surface area contributed by atoms with Crippen molar-refractivity contribution in [3.05, 3.63) is 59.7 Å². The number of rotatable bonds is 4. The number of nitrogens with one attached hydrogen (secondary N) is 1. The van der Waals surface area contributed by atoms with Crippen LogP contribution in [0.5, 0.6) is 5.75 Å². The third-order valence-electron chi connectivity index (χ3n) is 2.75. The first-order valence-electron chi connectivity index (χ1n) is 5.72. The van der Waals surface area contributed by atoms with Crippen LogP contribution in [0.15, 0.2) is 48.5 Å². The fraction of sp³-hybridized carbons (Fsp3) is 0.200. The minimum absolute atomic E-state index is 0.826. The fourth-order valence-electron chi connectivity index (χ4n) is 1.73. The smallest absolute Gasteiger partial charge is 0.123 e. The van der Waals surface area contributed by atoms with Crippen LogP contribution in [0.4, 0.5) is 5.69 Å². The number of anilines is 1. The lowest BCUT2D eigenvalue weighted by Crippen LogP contribution is -1.99. The summed E-state index contributed by atoms with van der Waals surface area (Å²) < 4.78 is 5.30. The van der Waals surface area contributed by atoms with Crippen LogP contribution in [0.3, 0.4) is 0 Å². The quantitative estimate of drug-likeness (QED) is 0.861. The number of aryl methyl sites for hydroxylation is 1. The van der Waals surface area contributed by atoms with Gasteiger partial charge in [0, 0.05) is 18.3 Å². The maximum absolute atomic E-state index is 5.30. The van der Waals surface area contributed by atoms with Gasteiger partial charge in [-0.15, -0.1) is 0 Å². The van der Waals surface area contributed by atoms with Crippen LogP contribution in [-0.4, -0.2) is 7.11 Å². The molecule has 0 amide bonds. The fourth-order valence-corrected chi connectivity index (χ4v) is 1.73. The summed E-state index contributed by atoms with van der Waals surface area (Å²) in [6.45, 7) is 2.87. The van der Waals surface area contributed by atoms with Gasteiger partial charge in [0.1, 0.15) is 5.75 Å². The van der Waals surface area contributed by atoms with Gasteiger partial charge in [-0.3, -0.25) is 0 Å². The number of hydrogen-bond donors (Lipinski definition) is 1. The number of benzene rings is 2. The van der Waals surface area contributed by atoms with E-state index in [1.807, 2.05) is 31.2 Å². The molecular weight excluding hydrogens is 210 g/mol. The van der Waals surface area contributed by atoms with E-state index in [9.17, 15) is 0 Å². The number of ether oxygens (including phenoxy) is 1. The molecule has 0 unspecified atom stereocenters. The Morgan fingerprint density at radius 1 is 1.06 bits per heavy atom. The van der Waals surface area contributed by atoms with E-state index in [-0.39, 0.29) is 0 Å². The first-order chi connectivity index (χ1) is 8.29. The maximum Gasteiger partial charge on any atom is 0.123 e. The average molecular weight is 227 g/mol. The summed E-state index contributed by atoms with van der Waals surface area (Å²) in [7, 11) is 1.70. The highest BCUT2D eigenvalue weighted by atomic mass is 16.5. The predicted molar refractivity (Wildman–Crippen MR) is 71.5 cm³/mol. The monoisotopic (exact) mass is 227 g/mol. The largest absolute Gasteiger partial charge is 0.496 e. The molecule has 2 heteroatoms. The molecule has 0 heterocycles. The highest BCUT2D eigenvalue weighted by molar-refractivity contribution is 5.51. The molecule has 2 nitrogen and oxygen atoms in total. The summed E-state index contributed by atoms with van der Waals surface area (Å²) in [5.74, 6) is 0.920. The van der Waals surface area contributed by atoms with Crippen LogP contribution in [0.2, 0.25) is 0 Å². The van der Waals surface area contributed by atoms with Crippen LogP contribution in [-0.2, 0) is 6.54 Å². The Kier molecular flexibility index (Phi) is 3.66. The first kappa shape index (κ1) is 11.5. The van der Waals surface area contributed by atoms with Crippen molar-refractivity contribution in [1.82, 2.24) is 0 Å². The Morgan fingerprint density at radius 2 is 1.82 bits per heavy atom. The van der Waals surface area contributed by atoms with Crippen molar-refractivity contribution in [3.8, 4) is 5.75 Å². The minimum atomic E-state index is 0.826. The standard InChI is InChI=1S/C15H17NO/c1-12-8-9-14(10-15(12)17-2)16-11-13-6-4-3-5-7-13/h3-10,16H,11H2,1-2H3. The lowest BCUT2D eigenvalue weighted by atomic mass is 10.2. The molecule has 0 aliphatic heterocycles. The summed E-state index contributed by atoms with van der Waals surface area (Å²) in [6.07, 6.45) is 0. The zero-order valence-electron chi connectivity index (χ0n) is 10.2. The molecule has 0 fully saturated rings. The van der Waals surface area contributed by atoms with Gasteiger partial charge in [-0.2, -0.15) is 0 Å². The number of hydrogen-bond acceptors (Lipinski definition) is 2. The Bertz CT molecular complexity index is 480. The normalized spacial score (nSPS) is 10.0. The average Bonchev–Trinajstić information content (AvgIpc) is 2.39. The summed E-state index contributed by atoms with van der Waals surface area (Å²) in [5.41, 5.74) is 3.50. The molecule has 0 spiro atoms.